The highest BCUT2D eigenvalue weighted by Crippen LogP contribution is 2.16. The Labute approximate surface area is 102 Å². The van der Waals surface area contributed by atoms with Crippen LogP contribution in [0, 0.1) is 10.1 Å². The molecule has 0 bridgehead atoms. The molecule has 1 aromatic heterocycles. The van der Waals surface area contributed by atoms with E-state index in [9.17, 15) is 19.7 Å². The molecule has 98 valence electrons. The van der Waals surface area contributed by atoms with Gasteiger partial charge in [0.25, 0.3) is 5.69 Å². The molecule has 0 radical (unpaired) electrons. The van der Waals surface area contributed by atoms with Crippen molar-refractivity contribution in [3.05, 3.63) is 28.1 Å². The number of nitro groups is 1. The molecule has 1 amide bonds. The van der Waals surface area contributed by atoms with Gasteiger partial charge < -0.3 is 15.0 Å². The van der Waals surface area contributed by atoms with E-state index in [0.717, 1.165) is 23.3 Å². The van der Waals surface area contributed by atoms with Crippen LogP contribution in [-0.4, -0.2) is 33.0 Å². The molecule has 1 aromatic rings. The lowest BCUT2D eigenvalue weighted by atomic mass is 10.4. The number of amides is 1. The summed E-state index contributed by atoms with van der Waals surface area (Å²) in [5.41, 5.74) is -0.635. The summed E-state index contributed by atoms with van der Waals surface area (Å²) in [7, 11) is 0. The van der Waals surface area contributed by atoms with Crippen molar-refractivity contribution in [2.24, 2.45) is 0 Å². The minimum absolute atomic E-state index is 0.254. The molecule has 8 heteroatoms. The first-order valence-corrected chi connectivity index (χ1v) is 5.30. The number of carboxylic acid groups (broad SMARTS) is 1. The van der Waals surface area contributed by atoms with Crippen LogP contribution in [0.15, 0.2) is 12.3 Å². The number of carbonyl (C=O) groups excluding carboxylic acids is 1. The van der Waals surface area contributed by atoms with Gasteiger partial charge in [0.1, 0.15) is 12.2 Å². The fourth-order valence-electron chi connectivity index (χ4n) is 1.38. The van der Waals surface area contributed by atoms with E-state index >= 15 is 0 Å². The third kappa shape index (κ3) is 3.30. The van der Waals surface area contributed by atoms with E-state index in [-0.39, 0.29) is 23.8 Å². The van der Waals surface area contributed by atoms with Crippen LogP contribution in [0.1, 0.15) is 23.8 Å². The lowest BCUT2D eigenvalue weighted by molar-refractivity contribution is -0.384. The molecular formula is C10H13N3O5. The Balaban J connectivity index is 2.89. The van der Waals surface area contributed by atoms with Crippen LogP contribution in [0.3, 0.4) is 0 Å². The lowest BCUT2D eigenvalue weighted by Crippen LogP contribution is -2.28. The molecule has 8 nitrogen and oxygen atoms in total. The second-order valence-corrected chi connectivity index (χ2v) is 3.62. The zero-order valence-corrected chi connectivity index (χ0v) is 9.75. The Bertz CT molecular complexity index is 480. The van der Waals surface area contributed by atoms with Gasteiger partial charge in [-0.15, -0.1) is 0 Å². The van der Waals surface area contributed by atoms with Gasteiger partial charge in [-0.2, -0.15) is 0 Å². The normalized spacial score (nSPS) is 10.1. The molecule has 0 aromatic carbocycles. The van der Waals surface area contributed by atoms with Gasteiger partial charge in [-0.25, -0.2) is 4.79 Å². The Hall–Kier alpha value is -2.38. The van der Waals surface area contributed by atoms with Crippen LogP contribution in [0.5, 0.6) is 0 Å². The number of nitrogens with one attached hydrogen (secondary N) is 1. The van der Waals surface area contributed by atoms with Crippen LogP contribution in [0.2, 0.25) is 0 Å². The summed E-state index contributed by atoms with van der Waals surface area (Å²) in [6, 6.07) is 0.926. The van der Waals surface area contributed by atoms with Gasteiger partial charge >= 0.3 is 5.97 Å². The molecule has 1 rings (SSSR count). The Kier molecular flexibility index (Phi) is 4.41. The second-order valence-electron chi connectivity index (χ2n) is 3.62. The second kappa shape index (κ2) is 5.80. The summed E-state index contributed by atoms with van der Waals surface area (Å²) in [4.78, 5) is 32.2. The summed E-state index contributed by atoms with van der Waals surface area (Å²) in [5.74, 6) is -1.70. The molecule has 18 heavy (non-hydrogen) atoms. The van der Waals surface area contributed by atoms with Crippen molar-refractivity contribution in [2.45, 2.75) is 19.9 Å². The van der Waals surface area contributed by atoms with Gasteiger partial charge in [0, 0.05) is 12.6 Å². The van der Waals surface area contributed by atoms with Crippen molar-refractivity contribution < 1.29 is 19.6 Å². The Morgan fingerprint density at radius 3 is 2.72 bits per heavy atom. The van der Waals surface area contributed by atoms with E-state index in [4.69, 9.17) is 5.11 Å². The molecule has 0 saturated heterocycles. The highest BCUT2D eigenvalue weighted by molar-refractivity contribution is 5.88. The van der Waals surface area contributed by atoms with Gasteiger partial charge in [0.05, 0.1) is 11.1 Å². The molecule has 0 unspecified atom stereocenters. The summed E-state index contributed by atoms with van der Waals surface area (Å²) in [5, 5.41) is 22.0. The summed E-state index contributed by atoms with van der Waals surface area (Å²) in [6.07, 6.45) is 1.79. The topological polar surface area (TPSA) is 114 Å². The predicted octanol–water partition coefficient (Wildman–Crippen LogP) is 0.621. The third-order valence-corrected chi connectivity index (χ3v) is 2.20. The maximum absolute atomic E-state index is 11.4. The van der Waals surface area contributed by atoms with E-state index in [1.807, 2.05) is 6.92 Å². The highest BCUT2D eigenvalue weighted by atomic mass is 16.6. The van der Waals surface area contributed by atoms with Crippen molar-refractivity contribution >= 4 is 17.6 Å². The van der Waals surface area contributed by atoms with E-state index in [0.29, 0.717) is 6.54 Å². The SMILES string of the molecule is CCCNC(=O)Cn1cc([N+](=O)[O-])cc1C(=O)O. The van der Waals surface area contributed by atoms with Crippen molar-refractivity contribution in [1.29, 1.82) is 0 Å². The molecule has 1 heterocycles. The molecule has 0 aliphatic carbocycles. The van der Waals surface area contributed by atoms with Crippen molar-refractivity contribution in [1.82, 2.24) is 9.88 Å². The van der Waals surface area contributed by atoms with Crippen LogP contribution in [0.4, 0.5) is 5.69 Å². The number of nitrogens with zero attached hydrogens (tertiary/aromatic N) is 2. The van der Waals surface area contributed by atoms with Gasteiger partial charge in [0.2, 0.25) is 5.91 Å². The molecule has 0 atom stereocenters. The molecule has 0 spiro atoms. The number of rotatable bonds is 6. The quantitative estimate of drug-likeness (QED) is 0.571. The zero-order valence-electron chi connectivity index (χ0n) is 9.75. The van der Waals surface area contributed by atoms with Crippen LogP contribution < -0.4 is 5.32 Å². The van der Waals surface area contributed by atoms with Crippen LogP contribution >= 0.6 is 0 Å². The highest BCUT2D eigenvalue weighted by Gasteiger charge is 2.19. The minimum atomic E-state index is -1.31. The predicted molar refractivity (Wildman–Crippen MR) is 61.3 cm³/mol. The number of carboxylic acids is 1. The smallest absolute Gasteiger partial charge is 0.352 e. The average Bonchev–Trinajstić information content (AvgIpc) is 2.70. The average molecular weight is 255 g/mol. The van der Waals surface area contributed by atoms with E-state index < -0.39 is 10.9 Å². The third-order valence-electron chi connectivity index (χ3n) is 2.20. The number of hydrogen-bond donors (Lipinski definition) is 2. The molecule has 0 aliphatic rings. The number of hydrogen-bond acceptors (Lipinski definition) is 4. The van der Waals surface area contributed by atoms with E-state index in [2.05, 4.69) is 5.32 Å². The first-order valence-electron chi connectivity index (χ1n) is 5.30. The zero-order chi connectivity index (χ0) is 13.7. The van der Waals surface area contributed by atoms with Gasteiger partial charge in [-0.1, -0.05) is 6.92 Å². The molecule has 0 fully saturated rings. The number of aromatic nitrogens is 1. The minimum Gasteiger partial charge on any atom is -0.477 e. The van der Waals surface area contributed by atoms with Crippen LogP contribution in [-0.2, 0) is 11.3 Å². The first kappa shape index (κ1) is 13.7. The van der Waals surface area contributed by atoms with E-state index in [1.165, 1.54) is 0 Å². The standard InChI is InChI=1S/C10H13N3O5/c1-2-3-11-9(14)6-12-5-7(13(17)18)4-8(12)10(15)16/h4-5H,2-3,6H2,1H3,(H,11,14)(H,15,16). The van der Waals surface area contributed by atoms with Crippen molar-refractivity contribution in [3.63, 3.8) is 0 Å². The fraction of sp³-hybridized carbons (Fsp3) is 0.400. The summed E-state index contributed by atoms with van der Waals surface area (Å²) >= 11 is 0. The maximum Gasteiger partial charge on any atom is 0.352 e. The monoisotopic (exact) mass is 255 g/mol. The molecule has 2 N–H and O–H groups in total. The lowest BCUT2D eigenvalue weighted by Gasteiger charge is -2.06. The molecule has 0 aliphatic heterocycles. The fourth-order valence-corrected chi connectivity index (χ4v) is 1.38. The van der Waals surface area contributed by atoms with E-state index in [1.54, 1.807) is 0 Å². The largest absolute Gasteiger partial charge is 0.477 e. The van der Waals surface area contributed by atoms with Crippen molar-refractivity contribution in [3.8, 4) is 0 Å². The van der Waals surface area contributed by atoms with Gasteiger partial charge in [0.15, 0.2) is 0 Å². The molecule has 0 saturated carbocycles. The number of aromatic carboxylic acids is 1. The Morgan fingerprint density at radius 2 is 2.22 bits per heavy atom. The van der Waals surface area contributed by atoms with Gasteiger partial charge in [-0.05, 0) is 6.42 Å². The first-order chi connectivity index (χ1) is 8.45. The van der Waals surface area contributed by atoms with Gasteiger partial charge in [-0.3, -0.25) is 14.9 Å². The number of carbonyl (C=O) groups is 2. The van der Waals surface area contributed by atoms with Crippen LogP contribution in [0.25, 0.3) is 0 Å². The summed E-state index contributed by atoms with van der Waals surface area (Å²) < 4.78 is 1.05. The summed E-state index contributed by atoms with van der Waals surface area (Å²) in [6.45, 7) is 2.10. The maximum atomic E-state index is 11.4. The van der Waals surface area contributed by atoms with Crippen molar-refractivity contribution in [2.75, 3.05) is 6.54 Å². The molecular weight excluding hydrogens is 242 g/mol. The Morgan fingerprint density at radius 1 is 1.56 bits per heavy atom.